The van der Waals surface area contributed by atoms with Gasteiger partial charge >= 0.3 is 0 Å². The molecule has 0 saturated carbocycles. The maximum Gasteiger partial charge on any atom is 0.281 e. The van der Waals surface area contributed by atoms with E-state index in [4.69, 9.17) is 14.2 Å². The number of benzene rings is 2. The minimum absolute atomic E-state index is 0.0334. The molecule has 1 unspecified atom stereocenters. The average molecular weight is 599 g/mol. The van der Waals surface area contributed by atoms with E-state index in [1.165, 1.54) is 30.7 Å². The molecule has 0 saturated heterocycles. The summed E-state index contributed by atoms with van der Waals surface area (Å²) in [4.78, 5) is 17.6. The fraction of sp³-hybridized carbons (Fsp3) is 0.310. The van der Waals surface area contributed by atoms with Crippen LogP contribution in [0.1, 0.15) is 16.1 Å². The number of pyridine rings is 1. The fourth-order valence-corrected chi connectivity index (χ4v) is 6.79. The number of amides is 1. The van der Waals surface area contributed by atoms with Gasteiger partial charge in [0.05, 0.1) is 16.5 Å². The highest BCUT2D eigenvalue weighted by Crippen LogP contribution is 2.32. The van der Waals surface area contributed by atoms with E-state index in [1.807, 2.05) is 36.4 Å². The first-order valence-corrected chi connectivity index (χ1v) is 15.3. The van der Waals surface area contributed by atoms with E-state index in [0.717, 1.165) is 11.3 Å². The van der Waals surface area contributed by atoms with Gasteiger partial charge in [0.1, 0.15) is 12.4 Å². The van der Waals surface area contributed by atoms with Crippen molar-refractivity contribution < 1.29 is 27.4 Å². The molecule has 4 rings (SSSR count). The van der Waals surface area contributed by atoms with Crippen molar-refractivity contribution in [3.8, 4) is 0 Å². The molecule has 1 amide bonds. The molecule has 12 heteroatoms. The number of carbonyl (C=O) groups is 1. The SMILES string of the molecule is COCn1c(C(=O)NCC(SCc2ccccc2)C(OC)OC)cc2cccc(N(C)S(=O)(=O)c3ccccn3)c21. The van der Waals surface area contributed by atoms with Gasteiger partial charge in [0.2, 0.25) is 0 Å². The molecule has 41 heavy (non-hydrogen) atoms. The van der Waals surface area contributed by atoms with E-state index < -0.39 is 16.3 Å². The van der Waals surface area contributed by atoms with Gasteiger partial charge in [-0.2, -0.15) is 8.42 Å². The Hall–Kier alpha value is -3.42. The Morgan fingerprint density at radius 2 is 1.76 bits per heavy atom. The zero-order valence-corrected chi connectivity index (χ0v) is 25.0. The highest BCUT2D eigenvalue weighted by atomic mass is 32.2. The molecule has 0 aliphatic heterocycles. The van der Waals surface area contributed by atoms with Gasteiger partial charge in [-0.05, 0) is 29.8 Å². The number of hydrogen-bond acceptors (Lipinski definition) is 8. The third-order valence-corrected chi connectivity index (χ3v) is 9.54. The number of fused-ring (bicyclic) bond motifs is 1. The molecule has 1 atom stereocenters. The van der Waals surface area contributed by atoms with Crippen LogP contribution in [0.3, 0.4) is 0 Å². The van der Waals surface area contributed by atoms with Crippen LogP contribution in [0.4, 0.5) is 5.69 Å². The van der Waals surface area contributed by atoms with Crippen molar-refractivity contribution in [3.63, 3.8) is 0 Å². The standard InChI is InChI=1S/C29H34N4O6S2/c1-32(41(35,36)26-15-8-9-16-30-26)23-14-10-13-22-17-24(33(20-37-2)27(22)23)28(34)31-18-25(29(38-3)39-4)40-19-21-11-6-5-7-12-21/h5-17,25,29H,18-20H2,1-4H3,(H,31,34). The normalized spacial score (nSPS) is 12.5. The summed E-state index contributed by atoms with van der Waals surface area (Å²) in [6.07, 6.45) is 0.895. The number of anilines is 1. The van der Waals surface area contributed by atoms with Crippen molar-refractivity contribution in [3.05, 3.63) is 90.3 Å². The molecule has 0 fully saturated rings. The number of para-hydroxylation sites is 1. The Balaban J connectivity index is 1.62. The minimum Gasteiger partial charge on any atom is -0.364 e. The second kappa shape index (κ2) is 14.0. The third kappa shape index (κ3) is 6.91. The molecular formula is C29H34N4O6S2. The first-order valence-electron chi connectivity index (χ1n) is 12.8. The van der Waals surface area contributed by atoms with Crippen molar-refractivity contribution in [1.82, 2.24) is 14.9 Å². The van der Waals surface area contributed by atoms with Gasteiger partial charge in [-0.15, -0.1) is 11.8 Å². The van der Waals surface area contributed by atoms with Crippen LogP contribution in [0, 0.1) is 0 Å². The van der Waals surface area contributed by atoms with Crippen molar-refractivity contribution >= 4 is 44.3 Å². The van der Waals surface area contributed by atoms with Crippen LogP contribution >= 0.6 is 11.8 Å². The zero-order valence-electron chi connectivity index (χ0n) is 23.4. The quantitative estimate of drug-likeness (QED) is 0.216. The number of thioether (sulfide) groups is 1. The van der Waals surface area contributed by atoms with E-state index >= 15 is 0 Å². The van der Waals surface area contributed by atoms with E-state index in [9.17, 15) is 13.2 Å². The lowest BCUT2D eigenvalue weighted by Gasteiger charge is -2.25. The van der Waals surface area contributed by atoms with Gasteiger partial charge in [-0.25, -0.2) is 4.98 Å². The molecule has 0 spiro atoms. The summed E-state index contributed by atoms with van der Waals surface area (Å²) in [6, 6.07) is 21.7. The van der Waals surface area contributed by atoms with Crippen molar-refractivity contribution in [2.24, 2.45) is 0 Å². The van der Waals surface area contributed by atoms with Crippen molar-refractivity contribution in [2.75, 3.05) is 39.2 Å². The van der Waals surface area contributed by atoms with Crippen LogP contribution in [0.2, 0.25) is 0 Å². The number of aromatic nitrogens is 2. The number of methoxy groups -OCH3 is 3. The van der Waals surface area contributed by atoms with Gasteiger partial charge in [-0.3, -0.25) is 9.10 Å². The molecule has 10 nitrogen and oxygen atoms in total. The summed E-state index contributed by atoms with van der Waals surface area (Å²) < 4.78 is 46.0. The molecule has 2 aromatic heterocycles. The minimum atomic E-state index is -3.96. The van der Waals surface area contributed by atoms with Gasteiger partial charge in [-0.1, -0.05) is 48.5 Å². The van der Waals surface area contributed by atoms with Crippen LogP contribution in [-0.2, 0) is 36.7 Å². The molecule has 2 aromatic carbocycles. The lowest BCUT2D eigenvalue weighted by molar-refractivity contribution is -0.101. The Morgan fingerprint density at radius 1 is 1.02 bits per heavy atom. The van der Waals surface area contributed by atoms with Crippen molar-refractivity contribution in [1.29, 1.82) is 0 Å². The maximum atomic E-state index is 13.6. The molecule has 0 aliphatic carbocycles. The molecule has 218 valence electrons. The topological polar surface area (TPSA) is 112 Å². The van der Waals surface area contributed by atoms with Gasteiger partial charge in [0, 0.05) is 52.3 Å². The summed E-state index contributed by atoms with van der Waals surface area (Å²) in [7, 11) is 2.16. The van der Waals surface area contributed by atoms with Crippen LogP contribution < -0.4 is 9.62 Å². The number of sulfonamides is 1. The first-order chi connectivity index (χ1) is 19.8. The Bertz CT molecular complexity index is 1540. The van der Waals surface area contributed by atoms with Crippen LogP contribution in [-0.4, -0.2) is 70.3 Å². The summed E-state index contributed by atoms with van der Waals surface area (Å²) >= 11 is 1.62. The van der Waals surface area contributed by atoms with Crippen LogP contribution in [0.25, 0.3) is 10.9 Å². The summed E-state index contributed by atoms with van der Waals surface area (Å²) in [5.41, 5.74) is 2.41. The highest BCUT2D eigenvalue weighted by molar-refractivity contribution is 7.99. The Kier molecular flexibility index (Phi) is 10.4. The summed E-state index contributed by atoms with van der Waals surface area (Å²) in [5.74, 6) is 0.380. The molecular weight excluding hydrogens is 564 g/mol. The second-order valence-electron chi connectivity index (χ2n) is 9.12. The van der Waals surface area contributed by atoms with E-state index in [0.29, 0.717) is 22.3 Å². The maximum absolute atomic E-state index is 13.6. The lowest BCUT2D eigenvalue weighted by atomic mass is 10.2. The molecule has 0 bridgehead atoms. The fourth-order valence-electron chi connectivity index (χ4n) is 4.47. The summed E-state index contributed by atoms with van der Waals surface area (Å²) in [5, 5.41) is 3.43. The summed E-state index contributed by atoms with van der Waals surface area (Å²) in [6.45, 7) is 0.309. The molecule has 0 aliphatic rings. The average Bonchev–Trinajstić information content (AvgIpc) is 3.38. The van der Waals surface area contributed by atoms with E-state index in [-0.39, 0.29) is 29.5 Å². The molecule has 1 N–H and O–H groups in total. The zero-order chi connectivity index (χ0) is 29.4. The number of nitrogens with zero attached hydrogens (tertiary/aromatic N) is 3. The number of nitrogens with one attached hydrogen (secondary N) is 1. The Morgan fingerprint density at radius 3 is 2.41 bits per heavy atom. The van der Waals surface area contributed by atoms with Crippen LogP contribution in [0.15, 0.2) is 84.0 Å². The van der Waals surface area contributed by atoms with Crippen molar-refractivity contribution in [2.45, 2.75) is 29.0 Å². The molecule has 2 heterocycles. The number of carbonyl (C=O) groups excluding carboxylic acids is 1. The lowest BCUT2D eigenvalue weighted by Crippen LogP contribution is -2.39. The smallest absolute Gasteiger partial charge is 0.281 e. The van der Waals surface area contributed by atoms with Gasteiger partial charge in [0.25, 0.3) is 15.9 Å². The van der Waals surface area contributed by atoms with Gasteiger partial charge < -0.3 is 24.1 Å². The van der Waals surface area contributed by atoms with Gasteiger partial charge in [0.15, 0.2) is 11.3 Å². The Labute approximate surface area is 244 Å². The second-order valence-corrected chi connectivity index (χ2v) is 12.3. The van der Waals surface area contributed by atoms with E-state index in [2.05, 4.69) is 10.3 Å². The van der Waals surface area contributed by atoms with E-state index in [1.54, 1.807) is 60.9 Å². The monoisotopic (exact) mass is 598 g/mol. The highest BCUT2D eigenvalue weighted by Gasteiger charge is 2.28. The van der Waals surface area contributed by atoms with Crippen LogP contribution in [0.5, 0.6) is 0 Å². The number of ether oxygens (including phenoxy) is 3. The predicted molar refractivity (Wildman–Crippen MR) is 160 cm³/mol. The largest absolute Gasteiger partial charge is 0.364 e. The first kappa shape index (κ1) is 30.5. The molecule has 0 radical (unpaired) electrons. The molecule has 4 aromatic rings. The predicted octanol–water partition coefficient (Wildman–Crippen LogP) is 4.12. The number of rotatable bonds is 14. The number of hydrogen-bond donors (Lipinski definition) is 1. The third-order valence-electron chi connectivity index (χ3n) is 6.53.